The van der Waals surface area contributed by atoms with Crippen molar-refractivity contribution in [2.45, 2.75) is 13.5 Å². The van der Waals surface area contributed by atoms with Gasteiger partial charge in [0, 0.05) is 24.6 Å². The Balaban J connectivity index is 1.38. The van der Waals surface area contributed by atoms with Gasteiger partial charge in [0.25, 0.3) is 5.91 Å². The summed E-state index contributed by atoms with van der Waals surface area (Å²) in [4.78, 5) is 16.7. The van der Waals surface area contributed by atoms with Crippen molar-refractivity contribution in [3.8, 4) is 17.2 Å². The summed E-state index contributed by atoms with van der Waals surface area (Å²) in [6, 6.07) is 14.8. The molecule has 0 unspecified atom stereocenters. The van der Waals surface area contributed by atoms with E-state index in [-0.39, 0.29) is 12.7 Å². The van der Waals surface area contributed by atoms with Crippen LogP contribution in [0.25, 0.3) is 0 Å². The van der Waals surface area contributed by atoms with Crippen molar-refractivity contribution in [1.29, 1.82) is 0 Å². The zero-order valence-corrected chi connectivity index (χ0v) is 16.0. The second-order valence-electron chi connectivity index (χ2n) is 6.41. The molecule has 0 saturated carbocycles. The van der Waals surface area contributed by atoms with E-state index >= 15 is 0 Å². The number of hydrogen-bond donors (Lipinski definition) is 2. The Kier molecular flexibility index (Phi) is 5.47. The minimum Gasteiger partial charge on any atom is -0.494 e. The number of benzene rings is 2. The first-order chi connectivity index (χ1) is 14.2. The van der Waals surface area contributed by atoms with Crippen molar-refractivity contribution in [2.75, 3.05) is 24.0 Å². The van der Waals surface area contributed by atoms with Gasteiger partial charge in [0.2, 0.25) is 6.79 Å². The fourth-order valence-electron chi connectivity index (χ4n) is 2.92. The lowest BCUT2D eigenvalue weighted by atomic mass is 10.2. The minimum absolute atomic E-state index is 0.228. The summed E-state index contributed by atoms with van der Waals surface area (Å²) in [5.41, 5.74) is 2.95. The van der Waals surface area contributed by atoms with Gasteiger partial charge in [-0.2, -0.15) is 0 Å². The van der Waals surface area contributed by atoms with Gasteiger partial charge in [0.15, 0.2) is 11.5 Å². The van der Waals surface area contributed by atoms with Crippen LogP contribution in [0.5, 0.6) is 17.2 Å². The van der Waals surface area contributed by atoms with Crippen molar-refractivity contribution >= 4 is 17.3 Å². The number of carbonyl (C=O) groups is 1. The molecular weight excluding hydrogens is 370 g/mol. The zero-order chi connectivity index (χ0) is 20.1. The number of amides is 1. The third kappa shape index (κ3) is 4.57. The van der Waals surface area contributed by atoms with Gasteiger partial charge in [-0.25, -0.2) is 0 Å². The molecule has 7 nitrogen and oxygen atoms in total. The van der Waals surface area contributed by atoms with Crippen LogP contribution < -0.4 is 24.8 Å². The maximum Gasteiger partial charge on any atom is 0.257 e. The topological polar surface area (TPSA) is 81.7 Å². The van der Waals surface area contributed by atoms with Crippen LogP contribution in [-0.4, -0.2) is 24.3 Å². The van der Waals surface area contributed by atoms with Crippen LogP contribution in [0, 0.1) is 0 Å². The van der Waals surface area contributed by atoms with Gasteiger partial charge >= 0.3 is 0 Å². The third-order valence-corrected chi connectivity index (χ3v) is 4.36. The van der Waals surface area contributed by atoms with E-state index in [0.29, 0.717) is 24.4 Å². The SMILES string of the molecule is CCOc1ccc(NC(=O)c2cncc(NCc3ccc4c(c3)OCO4)c2)cc1. The molecule has 0 radical (unpaired) electrons. The molecule has 29 heavy (non-hydrogen) atoms. The van der Waals surface area contributed by atoms with Gasteiger partial charge in [0.1, 0.15) is 5.75 Å². The van der Waals surface area contributed by atoms with Crippen LogP contribution in [0.3, 0.4) is 0 Å². The number of nitrogens with zero attached hydrogens (tertiary/aromatic N) is 1. The number of pyridine rings is 1. The van der Waals surface area contributed by atoms with E-state index in [4.69, 9.17) is 14.2 Å². The first-order valence-corrected chi connectivity index (χ1v) is 9.33. The molecule has 148 valence electrons. The molecule has 0 aliphatic carbocycles. The van der Waals surface area contributed by atoms with Gasteiger partial charge in [-0.1, -0.05) is 6.07 Å². The van der Waals surface area contributed by atoms with Crippen LogP contribution in [-0.2, 0) is 6.54 Å². The van der Waals surface area contributed by atoms with Crippen LogP contribution in [0.4, 0.5) is 11.4 Å². The molecule has 1 amide bonds. The number of rotatable bonds is 7. The van der Waals surface area contributed by atoms with Crippen LogP contribution in [0.2, 0.25) is 0 Å². The van der Waals surface area contributed by atoms with Crippen LogP contribution in [0.15, 0.2) is 60.9 Å². The number of anilines is 2. The van der Waals surface area contributed by atoms with E-state index in [9.17, 15) is 4.79 Å². The van der Waals surface area contributed by atoms with Gasteiger partial charge in [0.05, 0.1) is 17.9 Å². The Morgan fingerprint density at radius 2 is 1.86 bits per heavy atom. The van der Waals surface area contributed by atoms with Crippen molar-refractivity contribution in [3.63, 3.8) is 0 Å². The standard InChI is InChI=1S/C22H21N3O4/c1-2-27-19-6-4-17(5-7-19)25-22(26)16-10-18(13-23-12-16)24-11-15-3-8-20-21(9-15)29-14-28-20/h3-10,12-13,24H,2,11,14H2,1H3,(H,25,26). The summed E-state index contributed by atoms with van der Waals surface area (Å²) in [6.45, 7) is 3.35. The molecule has 7 heteroatoms. The fraction of sp³-hybridized carbons (Fsp3) is 0.182. The summed E-state index contributed by atoms with van der Waals surface area (Å²) in [5, 5.41) is 6.14. The van der Waals surface area contributed by atoms with Crippen LogP contribution >= 0.6 is 0 Å². The van der Waals surface area contributed by atoms with E-state index in [1.807, 2.05) is 37.3 Å². The van der Waals surface area contributed by atoms with Gasteiger partial charge in [-0.05, 0) is 55.0 Å². The summed E-state index contributed by atoms with van der Waals surface area (Å²) >= 11 is 0. The summed E-state index contributed by atoms with van der Waals surface area (Å²) in [6.07, 6.45) is 3.22. The summed E-state index contributed by atoms with van der Waals surface area (Å²) < 4.78 is 16.1. The lowest BCUT2D eigenvalue weighted by Gasteiger charge is -2.10. The number of aromatic nitrogens is 1. The average Bonchev–Trinajstić information content (AvgIpc) is 3.22. The molecule has 4 rings (SSSR count). The van der Waals surface area contributed by atoms with E-state index in [1.165, 1.54) is 6.20 Å². The Morgan fingerprint density at radius 1 is 1.03 bits per heavy atom. The number of nitrogens with one attached hydrogen (secondary N) is 2. The lowest BCUT2D eigenvalue weighted by molar-refractivity contribution is 0.102. The second-order valence-corrected chi connectivity index (χ2v) is 6.41. The normalized spacial score (nSPS) is 11.8. The molecule has 0 bridgehead atoms. The predicted molar refractivity (Wildman–Crippen MR) is 110 cm³/mol. The summed E-state index contributed by atoms with van der Waals surface area (Å²) in [5.74, 6) is 2.03. The van der Waals surface area contributed by atoms with Gasteiger partial charge < -0.3 is 24.8 Å². The molecule has 1 aromatic heterocycles. The Labute approximate surface area is 168 Å². The molecule has 2 aromatic carbocycles. The maximum absolute atomic E-state index is 12.5. The van der Waals surface area contributed by atoms with Crippen molar-refractivity contribution in [3.05, 3.63) is 72.1 Å². The lowest BCUT2D eigenvalue weighted by Crippen LogP contribution is -2.12. The molecule has 1 aliphatic rings. The molecule has 0 fully saturated rings. The quantitative estimate of drug-likeness (QED) is 0.632. The predicted octanol–water partition coefficient (Wildman–Crippen LogP) is 4.07. The van der Waals surface area contributed by atoms with Crippen LogP contribution in [0.1, 0.15) is 22.8 Å². The van der Waals surface area contributed by atoms with Crippen molar-refractivity contribution < 1.29 is 19.0 Å². The molecule has 0 spiro atoms. The molecule has 3 aromatic rings. The highest BCUT2D eigenvalue weighted by Gasteiger charge is 2.13. The fourth-order valence-corrected chi connectivity index (χ4v) is 2.92. The highest BCUT2D eigenvalue weighted by atomic mass is 16.7. The van der Waals surface area contributed by atoms with Gasteiger partial charge in [-0.15, -0.1) is 0 Å². The summed E-state index contributed by atoms with van der Waals surface area (Å²) in [7, 11) is 0. The zero-order valence-electron chi connectivity index (χ0n) is 16.0. The number of carbonyl (C=O) groups excluding carboxylic acids is 1. The molecule has 0 saturated heterocycles. The van der Waals surface area contributed by atoms with Crippen molar-refractivity contribution in [1.82, 2.24) is 4.98 Å². The smallest absolute Gasteiger partial charge is 0.257 e. The maximum atomic E-state index is 12.5. The average molecular weight is 391 g/mol. The third-order valence-electron chi connectivity index (χ3n) is 4.36. The molecule has 2 N–H and O–H groups in total. The number of hydrogen-bond acceptors (Lipinski definition) is 6. The van der Waals surface area contributed by atoms with Crippen molar-refractivity contribution in [2.24, 2.45) is 0 Å². The number of fused-ring (bicyclic) bond motifs is 1. The molecule has 1 aliphatic heterocycles. The Hall–Kier alpha value is -3.74. The second kappa shape index (κ2) is 8.52. The first kappa shape index (κ1) is 18.6. The van der Waals surface area contributed by atoms with E-state index < -0.39 is 0 Å². The molecule has 2 heterocycles. The highest BCUT2D eigenvalue weighted by Crippen LogP contribution is 2.32. The van der Waals surface area contributed by atoms with E-state index in [2.05, 4.69) is 15.6 Å². The monoisotopic (exact) mass is 391 g/mol. The Morgan fingerprint density at radius 3 is 2.69 bits per heavy atom. The number of ether oxygens (including phenoxy) is 3. The van der Waals surface area contributed by atoms with E-state index in [1.54, 1.807) is 24.4 Å². The Bertz CT molecular complexity index is 1010. The van der Waals surface area contributed by atoms with Gasteiger partial charge in [-0.3, -0.25) is 9.78 Å². The first-order valence-electron chi connectivity index (χ1n) is 9.33. The molecule has 0 atom stereocenters. The largest absolute Gasteiger partial charge is 0.494 e. The minimum atomic E-state index is -0.228. The highest BCUT2D eigenvalue weighted by molar-refractivity contribution is 6.04. The van der Waals surface area contributed by atoms with E-state index in [0.717, 1.165) is 28.5 Å². The molecular formula is C22H21N3O4.